The molecule has 0 spiro atoms. The molecule has 0 fully saturated rings. The number of hydrogen-bond acceptors (Lipinski definition) is 5. The summed E-state index contributed by atoms with van der Waals surface area (Å²) in [5.41, 5.74) is 1.39. The Balaban J connectivity index is 1.44. The van der Waals surface area contributed by atoms with E-state index in [2.05, 4.69) is 15.3 Å². The number of esters is 1. The number of aromatic amines is 2. The van der Waals surface area contributed by atoms with Gasteiger partial charge in [-0.25, -0.2) is 9.59 Å². The third kappa shape index (κ3) is 3.47. The number of aromatic nitrogens is 2. The first-order chi connectivity index (χ1) is 13.0. The molecule has 0 aliphatic heterocycles. The van der Waals surface area contributed by atoms with Crippen LogP contribution >= 0.6 is 11.3 Å². The van der Waals surface area contributed by atoms with Gasteiger partial charge in [-0.15, -0.1) is 11.3 Å². The average molecular weight is 381 g/mol. The van der Waals surface area contributed by atoms with Crippen LogP contribution in [0.25, 0.3) is 21.1 Å². The van der Waals surface area contributed by atoms with Gasteiger partial charge in [0.2, 0.25) is 0 Å². The van der Waals surface area contributed by atoms with Crippen molar-refractivity contribution in [3.8, 4) is 0 Å². The topological polar surface area (TPSA) is 104 Å². The molecule has 3 N–H and O–H groups in total. The van der Waals surface area contributed by atoms with Crippen LogP contribution in [-0.2, 0) is 9.53 Å². The van der Waals surface area contributed by atoms with E-state index in [0.29, 0.717) is 21.6 Å². The largest absolute Gasteiger partial charge is 0.448 e. The third-order valence-electron chi connectivity index (χ3n) is 4.06. The van der Waals surface area contributed by atoms with E-state index in [4.69, 9.17) is 4.74 Å². The number of nitrogens with one attached hydrogen (secondary N) is 3. The first kappa shape index (κ1) is 17.0. The van der Waals surface area contributed by atoms with Gasteiger partial charge in [0.05, 0.1) is 11.0 Å². The van der Waals surface area contributed by atoms with Gasteiger partial charge >= 0.3 is 11.7 Å². The van der Waals surface area contributed by atoms with Crippen molar-refractivity contribution in [3.05, 3.63) is 63.9 Å². The number of benzene rings is 2. The summed E-state index contributed by atoms with van der Waals surface area (Å²) in [4.78, 5) is 41.6. The molecule has 0 aliphatic rings. The number of amides is 1. The summed E-state index contributed by atoms with van der Waals surface area (Å²) in [6, 6.07) is 14.4. The van der Waals surface area contributed by atoms with E-state index in [1.54, 1.807) is 24.3 Å². The molecule has 7 nitrogen and oxygen atoms in total. The molecule has 136 valence electrons. The van der Waals surface area contributed by atoms with Crippen molar-refractivity contribution >= 4 is 50.0 Å². The predicted molar refractivity (Wildman–Crippen MR) is 104 cm³/mol. The molecule has 0 saturated carbocycles. The number of H-pyrrole nitrogens is 2. The minimum absolute atomic E-state index is 0.320. The number of carbonyl (C=O) groups excluding carboxylic acids is 2. The lowest BCUT2D eigenvalue weighted by molar-refractivity contribution is -0.123. The van der Waals surface area contributed by atoms with E-state index in [1.807, 2.05) is 24.3 Å². The number of carbonyl (C=O) groups is 2. The molecule has 2 aromatic carbocycles. The van der Waals surface area contributed by atoms with Crippen molar-refractivity contribution in [3.63, 3.8) is 0 Å². The molecule has 4 aromatic rings. The highest BCUT2D eigenvalue weighted by Gasteiger charge is 2.20. The van der Waals surface area contributed by atoms with Crippen LogP contribution in [0.4, 0.5) is 5.69 Å². The maximum atomic E-state index is 12.3. The SMILES string of the molecule is C[C@H](OC(=O)c1cc2ccccc2s1)C(=O)Nc1ccc2[nH]c(=O)[nH]c2c1. The van der Waals surface area contributed by atoms with Crippen LogP contribution in [0.5, 0.6) is 0 Å². The Hall–Kier alpha value is -3.39. The molecular formula is C19H15N3O4S. The van der Waals surface area contributed by atoms with Gasteiger partial charge in [-0.05, 0) is 42.6 Å². The van der Waals surface area contributed by atoms with Crippen LogP contribution in [0.15, 0.2) is 53.3 Å². The van der Waals surface area contributed by atoms with Gasteiger partial charge in [-0.1, -0.05) is 18.2 Å². The lowest BCUT2D eigenvalue weighted by Crippen LogP contribution is -2.29. The minimum atomic E-state index is -0.969. The van der Waals surface area contributed by atoms with Gasteiger partial charge in [-0.3, -0.25) is 4.79 Å². The fraction of sp³-hybridized carbons (Fsp3) is 0.105. The van der Waals surface area contributed by atoms with Crippen LogP contribution in [0.3, 0.4) is 0 Å². The Morgan fingerprint density at radius 2 is 1.85 bits per heavy atom. The average Bonchev–Trinajstić information content (AvgIpc) is 3.23. The number of hydrogen-bond donors (Lipinski definition) is 3. The van der Waals surface area contributed by atoms with Gasteiger partial charge < -0.3 is 20.0 Å². The molecular weight excluding hydrogens is 366 g/mol. The second kappa shape index (κ2) is 6.73. The van der Waals surface area contributed by atoms with E-state index in [1.165, 1.54) is 18.3 Å². The Kier molecular flexibility index (Phi) is 4.25. The molecule has 0 unspecified atom stereocenters. The molecule has 0 saturated heterocycles. The van der Waals surface area contributed by atoms with Crippen LogP contribution in [0.2, 0.25) is 0 Å². The third-order valence-corrected chi connectivity index (χ3v) is 5.16. The van der Waals surface area contributed by atoms with Crippen LogP contribution in [0, 0.1) is 0 Å². The second-order valence-corrected chi connectivity index (χ2v) is 7.11. The van der Waals surface area contributed by atoms with Crippen molar-refractivity contribution in [1.29, 1.82) is 0 Å². The van der Waals surface area contributed by atoms with Crippen LogP contribution in [0.1, 0.15) is 16.6 Å². The summed E-state index contributed by atoms with van der Waals surface area (Å²) in [6.07, 6.45) is -0.969. The Morgan fingerprint density at radius 3 is 2.67 bits per heavy atom. The van der Waals surface area contributed by atoms with E-state index >= 15 is 0 Å². The normalized spacial score (nSPS) is 12.2. The Morgan fingerprint density at radius 1 is 1.07 bits per heavy atom. The molecule has 1 atom stereocenters. The summed E-state index contributed by atoms with van der Waals surface area (Å²) in [5, 5.41) is 3.64. The summed E-state index contributed by atoms with van der Waals surface area (Å²) < 4.78 is 6.27. The zero-order valence-corrected chi connectivity index (χ0v) is 15.1. The van der Waals surface area contributed by atoms with E-state index in [-0.39, 0.29) is 5.69 Å². The molecule has 0 bridgehead atoms. The van der Waals surface area contributed by atoms with Crippen molar-refractivity contribution < 1.29 is 14.3 Å². The lowest BCUT2D eigenvalue weighted by atomic mass is 10.2. The van der Waals surface area contributed by atoms with Gasteiger partial charge in [0.15, 0.2) is 6.10 Å². The zero-order valence-electron chi connectivity index (χ0n) is 14.2. The number of thiophene rings is 1. The molecule has 0 aliphatic carbocycles. The van der Waals surface area contributed by atoms with E-state index < -0.39 is 18.0 Å². The van der Waals surface area contributed by atoms with E-state index in [0.717, 1.165) is 10.1 Å². The monoisotopic (exact) mass is 381 g/mol. The first-order valence-corrected chi connectivity index (χ1v) is 9.04. The molecule has 2 aromatic heterocycles. The van der Waals surface area contributed by atoms with Gasteiger partial charge in [0.25, 0.3) is 5.91 Å². The maximum absolute atomic E-state index is 12.3. The molecule has 8 heteroatoms. The minimum Gasteiger partial charge on any atom is -0.448 e. The predicted octanol–water partition coefficient (Wildman–Crippen LogP) is 3.25. The maximum Gasteiger partial charge on any atom is 0.349 e. The van der Waals surface area contributed by atoms with Gasteiger partial charge in [0.1, 0.15) is 4.88 Å². The Labute approximate surface area is 157 Å². The van der Waals surface area contributed by atoms with Gasteiger partial charge in [-0.2, -0.15) is 0 Å². The summed E-state index contributed by atoms with van der Waals surface area (Å²) in [6.45, 7) is 1.51. The number of anilines is 1. The number of ether oxygens (including phenoxy) is 1. The number of rotatable bonds is 4. The van der Waals surface area contributed by atoms with Gasteiger partial charge in [0, 0.05) is 10.4 Å². The zero-order chi connectivity index (χ0) is 19.0. The highest BCUT2D eigenvalue weighted by molar-refractivity contribution is 7.20. The first-order valence-electron chi connectivity index (χ1n) is 8.22. The summed E-state index contributed by atoms with van der Waals surface area (Å²) in [7, 11) is 0. The fourth-order valence-corrected chi connectivity index (χ4v) is 3.65. The van der Waals surface area contributed by atoms with E-state index in [9.17, 15) is 14.4 Å². The number of imidazole rings is 1. The second-order valence-electron chi connectivity index (χ2n) is 6.02. The van der Waals surface area contributed by atoms with Crippen molar-refractivity contribution in [2.75, 3.05) is 5.32 Å². The van der Waals surface area contributed by atoms with Crippen molar-refractivity contribution in [2.24, 2.45) is 0 Å². The Bertz CT molecular complexity index is 1190. The van der Waals surface area contributed by atoms with Crippen LogP contribution in [-0.4, -0.2) is 27.9 Å². The van der Waals surface area contributed by atoms with Crippen molar-refractivity contribution in [1.82, 2.24) is 9.97 Å². The molecule has 0 radical (unpaired) electrons. The van der Waals surface area contributed by atoms with Crippen molar-refractivity contribution in [2.45, 2.75) is 13.0 Å². The molecule has 4 rings (SSSR count). The fourth-order valence-electron chi connectivity index (χ4n) is 2.71. The standard InChI is InChI=1S/C19H15N3O4S/c1-10(26-18(24)16-8-11-4-2-3-5-15(11)27-16)17(23)20-12-6-7-13-14(9-12)22-19(25)21-13/h2-10H,1H3,(H,20,23)(H2,21,22,25)/t10-/m0/s1. The van der Waals surface area contributed by atoms with Crippen LogP contribution < -0.4 is 11.0 Å². The molecule has 27 heavy (non-hydrogen) atoms. The highest BCUT2D eigenvalue weighted by Crippen LogP contribution is 2.26. The number of fused-ring (bicyclic) bond motifs is 2. The smallest absolute Gasteiger partial charge is 0.349 e. The lowest BCUT2D eigenvalue weighted by Gasteiger charge is -2.13. The molecule has 1 amide bonds. The highest BCUT2D eigenvalue weighted by atomic mass is 32.1. The molecule has 2 heterocycles. The quantitative estimate of drug-likeness (QED) is 0.472. The summed E-state index contributed by atoms with van der Waals surface area (Å²) in [5.74, 6) is -0.994. The summed E-state index contributed by atoms with van der Waals surface area (Å²) >= 11 is 1.32.